The second kappa shape index (κ2) is 6.03. The van der Waals surface area contributed by atoms with Gasteiger partial charge in [-0.05, 0) is 12.1 Å². The SMILES string of the molecule is Cl.NCc1cnn(Cc2cccc(C(F)(F)F)n2)c1. The topological polar surface area (TPSA) is 56.7 Å². The van der Waals surface area contributed by atoms with Gasteiger partial charge >= 0.3 is 6.18 Å². The molecule has 0 atom stereocenters. The highest BCUT2D eigenvalue weighted by molar-refractivity contribution is 5.85. The maximum atomic E-state index is 12.5. The van der Waals surface area contributed by atoms with E-state index in [-0.39, 0.29) is 19.0 Å². The fraction of sp³-hybridized carbons (Fsp3) is 0.273. The minimum absolute atomic E-state index is 0. The summed E-state index contributed by atoms with van der Waals surface area (Å²) in [6.45, 7) is 0.528. The number of nitrogens with zero attached hydrogens (tertiary/aromatic N) is 3. The third-order valence-corrected chi connectivity index (χ3v) is 2.34. The van der Waals surface area contributed by atoms with Gasteiger partial charge in [-0.3, -0.25) is 4.68 Å². The molecule has 0 aliphatic carbocycles. The Kier molecular flexibility index (Phi) is 4.90. The summed E-state index contributed by atoms with van der Waals surface area (Å²) < 4.78 is 38.9. The van der Waals surface area contributed by atoms with Crippen LogP contribution in [0.5, 0.6) is 0 Å². The van der Waals surface area contributed by atoms with Crippen LogP contribution >= 0.6 is 12.4 Å². The van der Waals surface area contributed by atoms with Crippen molar-refractivity contribution in [1.29, 1.82) is 0 Å². The lowest BCUT2D eigenvalue weighted by atomic mass is 10.3. The summed E-state index contributed by atoms with van der Waals surface area (Å²) in [5.74, 6) is 0. The van der Waals surface area contributed by atoms with Gasteiger partial charge in [-0.25, -0.2) is 4.98 Å². The summed E-state index contributed by atoms with van der Waals surface area (Å²) >= 11 is 0. The van der Waals surface area contributed by atoms with E-state index in [0.29, 0.717) is 12.2 Å². The van der Waals surface area contributed by atoms with Crippen molar-refractivity contribution in [1.82, 2.24) is 14.8 Å². The maximum absolute atomic E-state index is 12.5. The van der Waals surface area contributed by atoms with E-state index in [4.69, 9.17) is 5.73 Å². The summed E-state index contributed by atoms with van der Waals surface area (Å²) in [6, 6.07) is 3.80. The van der Waals surface area contributed by atoms with E-state index in [2.05, 4.69) is 10.1 Å². The summed E-state index contributed by atoms with van der Waals surface area (Å²) in [4.78, 5) is 3.56. The van der Waals surface area contributed by atoms with E-state index < -0.39 is 11.9 Å². The highest BCUT2D eigenvalue weighted by Gasteiger charge is 2.32. The van der Waals surface area contributed by atoms with Crippen LogP contribution in [-0.2, 0) is 19.3 Å². The highest BCUT2D eigenvalue weighted by Crippen LogP contribution is 2.27. The molecule has 2 heterocycles. The molecule has 0 saturated heterocycles. The van der Waals surface area contributed by atoms with Crippen LogP contribution < -0.4 is 5.73 Å². The van der Waals surface area contributed by atoms with Gasteiger partial charge in [-0.15, -0.1) is 12.4 Å². The Morgan fingerprint density at radius 2 is 2.00 bits per heavy atom. The number of nitrogens with two attached hydrogens (primary N) is 1. The largest absolute Gasteiger partial charge is 0.433 e. The molecule has 0 aliphatic rings. The number of alkyl halides is 3. The second-order valence-corrected chi connectivity index (χ2v) is 3.76. The van der Waals surface area contributed by atoms with E-state index in [1.165, 1.54) is 16.8 Å². The van der Waals surface area contributed by atoms with Gasteiger partial charge in [0, 0.05) is 18.3 Å². The third kappa shape index (κ3) is 3.93. The molecule has 0 aromatic carbocycles. The van der Waals surface area contributed by atoms with Crippen molar-refractivity contribution < 1.29 is 13.2 Å². The first-order valence-electron chi connectivity index (χ1n) is 5.23. The van der Waals surface area contributed by atoms with E-state index >= 15 is 0 Å². The van der Waals surface area contributed by atoms with Gasteiger partial charge in [0.1, 0.15) is 5.69 Å². The summed E-state index contributed by atoms with van der Waals surface area (Å²) in [5, 5.41) is 3.99. The summed E-state index contributed by atoms with van der Waals surface area (Å²) in [5.41, 5.74) is 5.65. The molecule has 0 amide bonds. The van der Waals surface area contributed by atoms with Crippen molar-refractivity contribution >= 4 is 12.4 Å². The fourth-order valence-corrected chi connectivity index (χ4v) is 1.49. The van der Waals surface area contributed by atoms with Crippen LogP contribution in [0.1, 0.15) is 17.0 Å². The molecule has 104 valence electrons. The predicted octanol–water partition coefficient (Wildman–Crippen LogP) is 2.23. The molecule has 0 radical (unpaired) electrons. The Hall–Kier alpha value is -1.60. The van der Waals surface area contributed by atoms with Crippen molar-refractivity contribution in [3.05, 3.63) is 47.5 Å². The molecular weight excluding hydrogens is 281 g/mol. The molecule has 0 spiro atoms. The van der Waals surface area contributed by atoms with E-state index in [1.807, 2.05) is 0 Å². The lowest BCUT2D eigenvalue weighted by Crippen LogP contribution is -2.11. The van der Waals surface area contributed by atoms with Crippen LogP contribution in [0.15, 0.2) is 30.6 Å². The first-order chi connectivity index (χ1) is 8.49. The normalized spacial score (nSPS) is 11.2. The molecule has 0 unspecified atom stereocenters. The minimum atomic E-state index is -4.43. The number of aromatic nitrogens is 3. The first kappa shape index (κ1) is 15.5. The van der Waals surface area contributed by atoms with Crippen LogP contribution in [0.4, 0.5) is 13.2 Å². The quantitative estimate of drug-likeness (QED) is 0.944. The zero-order chi connectivity index (χ0) is 13.2. The average molecular weight is 293 g/mol. The number of halogens is 4. The van der Waals surface area contributed by atoms with Crippen LogP contribution in [0, 0.1) is 0 Å². The van der Waals surface area contributed by atoms with Crippen molar-refractivity contribution in [3.8, 4) is 0 Å². The molecule has 2 aromatic heterocycles. The molecular formula is C11H12ClF3N4. The first-order valence-corrected chi connectivity index (χ1v) is 5.23. The van der Waals surface area contributed by atoms with Gasteiger partial charge in [0.05, 0.1) is 18.4 Å². The molecule has 0 bridgehead atoms. The molecule has 2 aromatic rings. The Labute approximate surface area is 113 Å². The lowest BCUT2D eigenvalue weighted by molar-refractivity contribution is -0.141. The Morgan fingerprint density at radius 3 is 2.58 bits per heavy atom. The molecule has 2 rings (SSSR count). The molecule has 0 aliphatic heterocycles. The summed E-state index contributed by atoms with van der Waals surface area (Å²) in [6.07, 6.45) is -1.17. The number of hydrogen-bond acceptors (Lipinski definition) is 3. The Balaban J connectivity index is 0.00000180. The van der Waals surface area contributed by atoms with Gasteiger partial charge < -0.3 is 5.73 Å². The second-order valence-electron chi connectivity index (χ2n) is 3.76. The minimum Gasteiger partial charge on any atom is -0.326 e. The monoisotopic (exact) mass is 292 g/mol. The summed E-state index contributed by atoms with van der Waals surface area (Å²) in [7, 11) is 0. The van der Waals surface area contributed by atoms with E-state index in [0.717, 1.165) is 11.6 Å². The number of hydrogen-bond donors (Lipinski definition) is 1. The number of rotatable bonds is 3. The van der Waals surface area contributed by atoms with Crippen molar-refractivity contribution in [2.75, 3.05) is 0 Å². The van der Waals surface area contributed by atoms with Crippen LogP contribution in [-0.4, -0.2) is 14.8 Å². The van der Waals surface area contributed by atoms with E-state index in [1.54, 1.807) is 12.4 Å². The number of pyridine rings is 1. The van der Waals surface area contributed by atoms with Crippen molar-refractivity contribution in [3.63, 3.8) is 0 Å². The molecule has 0 saturated carbocycles. The van der Waals surface area contributed by atoms with Crippen LogP contribution in [0.3, 0.4) is 0 Å². The fourth-order valence-electron chi connectivity index (χ4n) is 1.49. The zero-order valence-electron chi connectivity index (χ0n) is 9.76. The smallest absolute Gasteiger partial charge is 0.326 e. The highest BCUT2D eigenvalue weighted by atomic mass is 35.5. The standard InChI is InChI=1S/C11H11F3N4.ClH/c12-11(13,14)10-3-1-2-9(17-10)7-18-6-8(4-15)5-16-18;/h1-3,5-6H,4,7,15H2;1H. The lowest BCUT2D eigenvalue weighted by Gasteiger charge is -2.07. The van der Waals surface area contributed by atoms with Gasteiger partial charge in [0.15, 0.2) is 0 Å². The van der Waals surface area contributed by atoms with Crippen LogP contribution in [0.25, 0.3) is 0 Å². The van der Waals surface area contributed by atoms with Gasteiger partial charge in [-0.1, -0.05) is 6.07 Å². The van der Waals surface area contributed by atoms with Gasteiger partial charge in [-0.2, -0.15) is 18.3 Å². The third-order valence-electron chi connectivity index (χ3n) is 2.34. The Morgan fingerprint density at radius 1 is 1.26 bits per heavy atom. The van der Waals surface area contributed by atoms with Gasteiger partial charge in [0.25, 0.3) is 0 Å². The predicted molar refractivity (Wildman–Crippen MR) is 65.7 cm³/mol. The molecule has 19 heavy (non-hydrogen) atoms. The van der Waals surface area contributed by atoms with Crippen LogP contribution in [0.2, 0.25) is 0 Å². The van der Waals surface area contributed by atoms with Gasteiger partial charge in [0.2, 0.25) is 0 Å². The van der Waals surface area contributed by atoms with E-state index in [9.17, 15) is 13.2 Å². The van der Waals surface area contributed by atoms with Crippen molar-refractivity contribution in [2.24, 2.45) is 5.73 Å². The molecule has 8 heteroatoms. The average Bonchev–Trinajstić information content (AvgIpc) is 2.76. The maximum Gasteiger partial charge on any atom is 0.433 e. The molecule has 4 nitrogen and oxygen atoms in total. The Bertz CT molecular complexity index is 539. The zero-order valence-corrected chi connectivity index (χ0v) is 10.6. The molecule has 0 fully saturated rings. The molecule has 2 N–H and O–H groups in total. The van der Waals surface area contributed by atoms with Crippen molar-refractivity contribution in [2.45, 2.75) is 19.3 Å².